The molecule has 0 bridgehead atoms. The average Bonchev–Trinajstić information content (AvgIpc) is 3.32. The van der Waals surface area contributed by atoms with Gasteiger partial charge in [0.05, 0.1) is 29.4 Å². The van der Waals surface area contributed by atoms with Gasteiger partial charge in [0.2, 0.25) is 10.0 Å². The van der Waals surface area contributed by atoms with Gasteiger partial charge in [-0.1, -0.05) is 72.4 Å². The molecule has 0 unspecified atom stereocenters. The molecule has 2 heterocycles. The van der Waals surface area contributed by atoms with Gasteiger partial charge in [-0.15, -0.1) is 0 Å². The fraction of sp³-hybridized carbons (Fsp3) is 0.281. The molecule has 0 spiro atoms. The molecule has 0 amide bonds. The number of hydrogen-bond donors (Lipinski definition) is 0. The zero-order valence-corrected chi connectivity index (χ0v) is 27.0. The van der Waals surface area contributed by atoms with Gasteiger partial charge in [0.15, 0.2) is 0 Å². The van der Waals surface area contributed by atoms with E-state index in [9.17, 15) is 21.6 Å². The summed E-state index contributed by atoms with van der Waals surface area (Å²) in [6.07, 6.45) is 2.85. The van der Waals surface area contributed by atoms with Crippen LogP contribution in [0.1, 0.15) is 22.3 Å². The van der Waals surface area contributed by atoms with Crippen LogP contribution in [0.3, 0.4) is 0 Å². The molecular formula is C32H34N2O5S2Si. The van der Waals surface area contributed by atoms with Gasteiger partial charge in [0.1, 0.15) is 6.29 Å². The molecule has 218 valence electrons. The SMILES string of the molecule is Cc1ccc(S(=O)(=O)N2C[C@H](C=O)C([Si](C)(C)C)=C3c4cccc5c4c(cn5S(=O)(=O)c4ccc(C)cc4)C[C@H]32)cc1. The van der Waals surface area contributed by atoms with Crippen LogP contribution in [0.4, 0.5) is 0 Å². The van der Waals surface area contributed by atoms with Gasteiger partial charge in [-0.2, -0.15) is 4.31 Å². The largest absolute Gasteiger partial charge is 0.303 e. The molecule has 4 aromatic rings. The van der Waals surface area contributed by atoms with Crippen LogP contribution >= 0.6 is 0 Å². The molecule has 6 rings (SSSR count). The highest BCUT2D eigenvalue weighted by Gasteiger charge is 2.47. The van der Waals surface area contributed by atoms with E-state index in [1.54, 1.807) is 60.8 Å². The number of carbonyl (C=O) groups is 1. The normalized spacial score (nSPS) is 19.6. The van der Waals surface area contributed by atoms with Gasteiger partial charge in [0, 0.05) is 24.0 Å². The van der Waals surface area contributed by atoms with Crippen LogP contribution in [0, 0.1) is 19.8 Å². The van der Waals surface area contributed by atoms with E-state index in [1.165, 1.54) is 8.28 Å². The van der Waals surface area contributed by atoms with Gasteiger partial charge in [-0.05, 0) is 67.3 Å². The summed E-state index contributed by atoms with van der Waals surface area (Å²) in [4.78, 5) is 13.0. The van der Waals surface area contributed by atoms with Crippen LogP contribution in [-0.2, 0) is 31.3 Å². The number of sulfonamides is 1. The first-order valence-corrected chi connectivity index (χ1v) is 20.4. The van der Waals surface area contributed by atoms with E-state index in [2.05, 4.69) is 19.6 Å². The molecule has 0 radical (unpaired) electrons. The van der Waals surface area contributed by atoms with Crippen LogP contribution in [0.15, 0.2) is 87.9 Å². The van der Waals surface area contributed by atoms with Crippen molar-refractivity contribution in [3.05, 3.63) is 100 Å². The first-order valence-electron chi connectivity index (χ1n) is 14.0. The van der Waals surface area contributed by atoms with Crippen molar-refractivity contribution in [3.8, 4) is 0 Å². The van der Waals surface area contributed by atoms with Crippen LogP contribution in [0.2, 0.25) is 19.6 Å². The van der Waals surface area contributed by atoms with Gasteiger partial charge >= 0.3 is 0 Å². The van der Waals surface area contributed by atoms with E-state index in [0.29, 0.717) is 11.9 Å². The summed E-state index contributed by atoms with van der Waals surface area (Å²) < 4.78 is 59.0. The zero-order chi connectivity index (χ0) is 30.2. The number of fused-ring (bicyclic) bond motifs is 2. The van der Waals surface area contributed by atoms with E-state index in [-0.39, 0.29) is 16.3 Å². The number of nitrogens with zero attached hydrogens (tertiary/aromatic N) is 2. The van der Waals surface area contributed by atoms with Crippen molar-refractivity contribution in [2.24, 2.45) is 5.92 Å². The van der Waals surface area contributed by atoms with Crippen LogP contribution in [0.5, 0.6) is 0 Å². The Kier molecular flexibility index (Phi) is 6.77. The molecule has 2 atom stereocenters. The number of benzene rings is 3. The minimum Gasteiger partial charge on any atom is -0.303 e. The maximum atomic E-state index is 14.2. The quantitative estimate of drug-likeness (QED) is 0.208. The molecule has 10 heteroatoms. The summed E-state index contributed by atoms with van der Waals surface area (Å²) in [5.41, 5.74) is 4.90. The van der Waals surface area contributed by atoms with Gasteiger partial charge in [-0.3, -0.25) is 0 Å². The Morgan fingerprint density at radius 3 is 1.93 bits per heavy atom. The second-order valence-electron chi connectivity index (χ2n) is 12.4. The number of carbonyl (C=O) groups excluding carboxylic acids is 1. The maximum absolute atomic E-state index is 14.2. The summed E-state index contributed by atoms with van der Waals surface area (Å²) in [7, 11) is -10.0. The van der Waals surface area contributed by atoms with E-state index in [0.717, 1.165) is 44.7 Å². The highest BCUT2D eigenvalue weighted by Crippen LogP contribution is 2.48. The number of rotatable bonds is 6. The molecule has 1 aromatic heterocycles. The fourth-order valence-corrected chi connectivity index (χ4v) is 12.0. The Morgan fingerprint density at radius 1 is 0.810 bits per heavy atom. The van der Waals surface area contributed by atoms with Crippen molar-refractivity contribution in [2.45, 2.75) is 55.7 Å². The van der Waals surface area contributed by atoms with E-state index >= 15 is 0 Å². The summed E-state index contributed by atoms with van der Waals surface area (Å²) >= 11 is 0. The standard InChI is InChI=1S/C32H34N2O5S2Si/c1-21-9-13-25(14-10-21)40(36,37)33-18-23-17-29-31(27-7-6-8-28(33)30(23)27)32(42(3,4)5)24(20-35)19-34(29)41(38,39)26-15-11-22(2)12-16-26/h6-16,18,20,24,29H,17,19H2,1-5H3/t24-,29-/m1/s1. The first-order chi connectivity index (χ1) is 19.7. The highest BCUT2D eigenvalue weighted by atomic mass is 32.2. The van der Waals surface area contributed by atoms with Crippen LogP contribution in [-0.4, -0.2) is 52.1 Å². The van der Waals surface area contributed by atoms with Crippen molar-refractivity contribution in [3.63, 3.8) is 0 Å². The lowest BCUT2D eigenvalue weighted by molar-refractivity contribution is -0.110. The molecule has 0 fully saturated rings. The Balaban J connectivity index is 1.62. The number of hydrogen-bond acceptors (Lipinski definition) is 5. The molecule has 1 aliphatic heterocycles. The fourth-order valence-electron chi connectivity index (χ4n) is 6.59. The molecule has 3 aromatic carbocycles. The second-order valence-corrected chi connectivity index (χ2v) is 21.1. The van der Waals surface area contributed by atoms with Crippen molar-refractivity contribution in [2.75, 3.05) is 6.54 Å². The lowest BCUT2D eigenvalue weighted by Crippen LogP contribution is -2.52. The van der Waals surface area contributed by atoms with E-state index in [4.69, 9.17) is 0 Å². The summed E-state index contributed by atoms with van der Waals surface area (Å²) in [6.45, 7) is 10.4. The maximum Gasteiger partial charge on any atom is 0.268 e. The minimum absolute atomic E-state index is 0.0567. The van der Waals surface area contributed by atoms with Gasteiger partial charge in [0.25, 0.3) is 10.0 Å². The molecule has 0 N–H and O–H groups in total. The third-order valence-corrected chi connectivity index (χ3v) is 14.3. The van der Waals surface area contributed by atoms with Crippen molar-refractivity contribution < 1.29 is 21.6 Å². The Labute approximate surface area is 248 Å². The Bertz CT molecular complexity index is 1990. The predicted molar refractivity (Wildman–Crippen MR) is 168 cm³/mol. The van der Waals surface area contributed by atoms with Crippen molar-refractivity contribution in [1.82, 2.24) is 8.28 Å². The molecule has 0 saturated carbocycles. The van der Waals surface area contributed by atoms with Crippen molar-refractivity contribution in [1.29, 1.82) is 0 Å². The topological polar surface area (TPSA) is 93.5 Å². The lowest BCUT2D eigenvalue weighted by atomic mass is 9.80. The highest BCUT2D eigenvalue weighted by molar-refractivity contribution is 7.90. The summed E-state index contributed by atoms with van der Waals surface area (Å²) in [6, 6.07) is 18.5. The van der Waals surface area contributed by atoms with Crippen LogP contribution < -0.4 is 0 Å². The number of aromatic nitrogens is 1. The lowest BCUT2D eigenvalue weighted by Gasteiger charge is -2.45. The smallest absolute Gasteiger partial charge is 0.268 e. The third-order valence-electron chi connectivity index (χ3n) is 8.47. The zero-order valence-electron chi connectivity index (χ0n) is 24.3. The van der Waals surface area contributed by atoms with Crippen LogP contribution in [0.25, 0.3) is 16.5 Å². The summed E-state index contributed by atoms with van der Waals surface area (Å²) in [5.74, 6) is -0.585. The average molecular weight is 619 g/mol. The second kappa shape index (κ2) is 9.87. The monoisotopic (exact) mass is 618 g/mol. The van der Waals surface area contributed by atoms with Gasteiger partial charge in [-0.25, -0.2) is 20.8 Å². The Morgan fingerprint density at radius 2 is 1.38 bits per heavy atom. The number of aldehydes is 1. The molecule has 7 nitrogen and oxygen atoms in total. The molecule has 2 aliphatic rings. The first kappa shape index (κ1) is 28.8. The van der Waals surface area contributed by atoms with E-state index < -0.39 is 40.1 Å². The van der Waals surface area contributed by atoms with Crippen molar-refractivity contribution >= 4 is 50.9 Å². The minimum atomic E-state index is -3.97. The summed E-state index contributed by atoms with van der Waals surface area (Å²) in [5, 5.41) is 1.83. The predicted octanol–water partition coefficient (Wildman–Crippen LogP) is 5.57. The van der Waals surface area contributed by atoms with Gasteiger partial charge < -0.3 is 4.79 Å². The number of aryl methyl sites for hydroxylation is 2. The van der Waals surface area contributed by atoms with E-state index in [1.807, 2.05) is 26.0 Å². The molecule has 42 heavy (non-hydrogen) atoms. The Hall–Kier alpha value is -3.31. The third kappa shape index (κ3) is 4.43. The molecule has 1 aliphatic carbocycles. The molecule has 0 saturated heterocycles. The molecular weight excluding hydrogens is 585 g/mol.